The van der Waals surface area contributed by atoms with Gasteiger partial charge in [0.05, 0.1) is 6.10 Å². The molecule has 1 fully saturated rings. The van der Waals surface area contributed by atoms with Gasteiger partial charge in [0, 0.05) is 24.8 Å². The molecule has 1 aromatic carbocycles. The first-order chi connectivity index (χ1) is 8.29. The maximum Gasteiger partial charge on any atom is 0.127 e. The summed E-state index contributed by atoms with van der Waals surface area (Å²) >= 11 is 0. The van der Waals surface area contributed by atoms with Crippen LogP contribution in [-0.4, -0.2) is 18.8 Å². The monoisotopic (exact) mass is 237 g/mol. The second-order valence-corrected chi connectivity index (χ2v) is 4.59. The van der Waals surface area contributed by atoms with Crippen LogP contribution >= 0.6 is 0 Å². The van der Waals surface area contributed by atoms with Crippen LogP contribution in [0.15, 0.2) is 24.3 Å². The second kappa shape index (κ2) is 6.12. The molecule has 94 valence electrons. The van der Waals surface area contributed by atoms with Crippen LogP contribution in [0.4, 0.5) is 4.39 Å². The van der Waals surface area contributed by atoms with Gasteiger partial charge in [0.25, 0.3) is 0 Å². The SMILES string of the molecule is CCC1CC(NCc2ccccc2F)CCO1. The molecule has 17 heavy (non-hydrogen) atoms. The smallest absolute Gasteiger partial charge is 0.127 e. The zero-order valence-corrected chi connectivity index (χ0v) is 10.3. The van der Waals surface area contributed by atoms with Crippen molar-refractivity contribution in [3.8, 4) is 0 Å². The Kier molecular flexibility index (Phi) is 4.51. The minimum atomic E-state index is -0.126. The van der Waals surface area contributed by atoms with Gasteiger partial charge < -0.3 is 10.1 Å². The lowest BCUT2D eigenvalue weighted by Crippen LogP contribution is -2.38. The predicted octanol–water partition coefficient (Wildman–Crippen LogP) is 2.87. The summed E-state index contributed by atoms with van der Waals surface area (Å²) in [6.45, 7) is 3.56. The van der Waals surface area contributed by atoms with Crippen molar-refractivity contribution in [1.29, 1.82) is 0 Å². The molecule has 1 saturated heterocycles. The number of halogens is 1. The van der Waals surface area contributed by atoms with Gasteiger partial charge in [-0.05, 0) is 25.3 Å². The van der Waals surface area contributed by atoms with Gasteiger partial charge in [-0.15, -0.1) is 0 Å². The zero-order valence-electron chi connectivity index (χ0n) is 10.3. The first-order valence-electron chi connectivity index (χ1n) is 6.38. The van der Waals surface area contributed by atoms with Crippen molar-refractivity contribution in [3.63, 3.8) is 0 Å². The van der Waals surface area contributed by atoms with Gasteiger partial charge in [0.2, 0.25) is 0 Å². The summed E-state index contributed by atoms with van der Waals surface area (Å²) in [6.07, 6.45) is 3.47. The Labute approximate surface area is 102 Å². The minimum Gasteiger partial charge on any atom is -0.378 e. The van der Waals surface area contributed by atoms with Crippen LogP contribution in [0.3, 0.4) is 0 Å². The summed E-state index contributed by atoms with van der Waals surface area (Å²) in [5.74, 6) is -0.126. The van der Waals surface area contributed by atoms with Gasteiger partial charge in [0.15, 0.2) is 0 Å². The molecule has 0 bridgehead atoms. The molecule has 0 saturated carbocycles. The molecule has 3 heteroatoms. The van der Waals surface area contributed by atoms with Gasteiger partial charge in [-0.1, -0.05) is 25.1 Å². The van der Waals surface area contributed by atoms with Gasteiger partial charge in [0.1, 0.15) is 5.82 Å². The first kappa shape index (κ1) is 12.5. The fourth-order valence-electron chi connectivity index (χ4n) is 2.25. The van der Waals surface area contributed by atoms with Gasteiger partial charge >= 0.3 is 0 Å². The summed E-state index contributed by atoms with van der Waals surface area (Å²) in [7, 11) is 0. The maximum atomic E-state index is 13.4. The molecular weight excluding hydrogens is 217 g/mol. The van der Waals surface area contributed by atoms with E-state index in [9.17, 15) is 4.39 Å². The molecule has 1 aromatic rings. The highest BCUT2D eigenvalue weighted by atomic mass is 19.1. The lowest BCUT2D eigenvalue weighted by Gasteiger charge is -2.29. The Morgan fingerprint density at radius 3 is 3.00 bits per heavy atom. The van der Waals surface area contributed by atoms with E-state index in [0.29, 0.717) is 18.7 Å². The zero-order chi connectivity index (χ0) is 12.1. The molecule has 0 aromatic heterocycles. The van der Waals surface area contributed by atoms with Crippen molar-refractivity contribution in [3.05, 3.63) is 35.6 Å². The quantitative estimate of drug-likeness (QED) is 0.869. The molecule has 1 aliphatic rings. The third-order valence-electron chi connectivity index (χ3n) is 3.36. The van der Waals surface area contributed by atoms with E-state index in [0.717, 1.165) is 31.4 Å². The van der Waals surface area contributed by atoms with Crippen molar-refractivity contribution in [2.75, 3.05) is 6.61 Å². The fraction of sp³-hybridized carbons (Fsp3) is 0.571. The third-order valence-corrected chi connectivity index (χ3v) is 3.36. The molecule has 1 heterocycles. The van der Waals surface area contributed by atoms with E-state index in [1.165, 1.54) is 6.07 Å². The van der Waals surface area contributed by atoms with Crippen molar-refractivity contribution in [2.45, 2.75) is 44.9 Å². The Bertz CT molecular complexity index is 356. The van der Waals surface area contributed by atoms with Crippen molar-refractivity contribution in [2.24, 2.45) is 0 Å². The van der Waals surface area contributed by atoms with E-state index in [-0.39, 0.29) is 5.82 Å². The van der Waals surface area contributed by atoms with Crippen LogP contribution in [0, 0.1) is 5.82 Å². The Balaban J connectivity index is 1.84. The molecule has 0 amide bonds. The molecule has 2 nitrogen and oxygen atoms in total. The van der Waals surface area contributed by atoms with Crippen LogP contribution < -0.4 is 5.32 Å². The van der Waals surface area contributed by atoms with E-state index >= 15 is 0 Å². The van der Waals surface area contributed by atoms with Crippen molar-refractivity contribution < 1.29 is 9.13 Å². The highest BCUT2D eigenvalue weighted by Gasteiger charge is 2.20. The number of hydrogen-bond acceptors (Lipinski definition) is 2. The summed E-state index contributed by atoms with van der Waals surface area (Å²) in [5, 5.41) is 3.42. The average molecular weight is 237 g/mol. The topological polar surface area (TPSA) is 21.3 Å². The maximum absolute atomic E-state index is 13.4. The third kappa shape index (κ3) is 3.51. The molecular formula is C14H20FNO. The Morgan fingerprint density at radius 1 is 1.41 bits per heavy atom. The molecule has 0 aliphatic carbocycles. The molecule has 2 atom stereocenters. The van der Waals surface area contributed by atoms with E-state index in [4.69, 9.17) is 4.74 Å². The van der Waals surface area contributed by atoms with E-state index in [1.807, 2.05) is 12.1 Å². The molecule has 0 spiro atoms. The number of ether oxygens (including phenoxy) is 1. The van der Waals surface area contributed by atoms with Gasteiger partial charge in [-0.2, -0.15) is 0 Å². The standard InChI is InChI=1S/C14H20FNO/c1-2-13-9-12(7-8-17-13)16-10-11-5-3-4-6-14(11)15/h3-6,12-13,16H,2,7-10H2,1H3. The lowest BCUT2D eigenvalue weighted by atomic mass is 10.0. The molecule has 1 aliphatic heterocycles. The van der Waals surface area contributed by atoms with E-state index in [1.54, 1.807) is 6.07 Å². The summed E-state index contributed by atoms with van der Waals surface area (Å²) < 4.78 is 19.0. The fourth-order valence-corrected chi connectivity index (χ4v) is 2.25. The van der Waals surface area contributed by atoms with E-state index in [2.05, 4.69) is 12.2 Å². The molecule has 2 rings (SSSR count). The van der Waals surface area contributed by atoms with Crippen molar-refractivity contribution in [1.82, 2.24) is 5.32 Å². The largest absolute Gasteiger partial charge is 0.378 e. The molecule has 2 unspecified atom stereocenters. The highest BCUT2D eigenvalue weighted by molar-refractivity contribution is 5.17. The number of rotatable bonds is 4. The summed E-state index contributed by atoms with van der Waals surface area (Å²) in [6, 6.07) is 7.39. The van der Waals surface area contributed by atoms with Crippen LogP contribution in [0.1, 0.15) is 31.7 Å². The normalized spacial score (nSPS) is 24.8. The second-order valence-electron chi connectivity index (χ2n) is 4.59. The van der Waals surface area contributed by atoms with Crippen LogP contribution in [0.5, 0.6) is 0 Å². The average Bonchev–Trinajstić information content (AvgIpc) is 2.38. The van der Waals surface area contributed by atoms with E-state index < -0.39 is 0 Å². The number of benzene rings is 1. The highest BCUT2D eigenvalue weighted by Crippen LogP contribution is 2.17. The lowest BCUT2D eigenvalue weighted by molar-refractivity contribution is -0.000353. The van der Waals surface area contributed by atoms with Gasteiger partial charge in [-0.25, -0.2) is 4.39 Å². The first-order valence-corrected chi connectivity index (χ1v) is 6.38. The number of hydrogen-bond donors (Lipinski definition) is 1. The van der Waals surface area contributed by atoms with Crippen LogP contribution in [-0.2, 0) is 11.3 Å². The van der Waals surface area contributed by atoms with Gasteiger partial charge in [-0.3, -0.25) is 0 Å². The molecule has 1 N–H and O–H groups in total. The summed E-state index contributed by atoms with van der Waals surface area (Å²) in [4.78, 5) is 0. The molecule has 0 radical (unpaired) electrons. The Morgan fingerprint density at radius 2 is 2.24 bits per heavy atom. The number of nitrogens with one attached hydrogen (secondary N) is 1. The van der Waals surface area contributed by atoms with Crippen LogP contribution in [0.25, 0.3) is 0 Å². The summed E-state index contributed by atoms with van der Waals surface area (Å²) in [5.41, 5.74) is 0.743. The predicted molar refractivity (Wildman–Crippen MR) is 66.3 cm³/mol. The minimum absolute atomic E-state index is 0.126. The Hall–Kier alpha value is -0.930. The van der Waals surface area contributed by atoms with Crippen molar-refractivity contribution >= 4 is 0 Å². The van der Waals surface area contributed by atoms with Crippen LogP contribution in [0.2, 0.25) is 0 Å².